The van der Waals surface area contributed by atoms with Crippen molar-refractivity contribution in [2.24, 2.45) is 0 Å². The molecule has 3 atom stereocenters. The molecule has 0 aliphatic carbocycles. The number of aromatic nitrogens is 1. The first-order chi connectivity index (χ1) is 18.1. The van der Waals surface area contributed by atoms with E-state index in [1.54, 1.807) is 51.1 Å². The third-order valence-corrected chi connectivity index (χ3v) is 7.32. The van der Waals surface area contributed by atoms with Crippen molar-refractivity contribution < 1.29 is 24.3 Å². The molecule has 1 aromatic heterocycles. The average molecular weight is 517 g/mol. The molecule has 38 heavy (non-hydrogen) atoms. The first-order valence-electron chi connectivity index (χ1n) is 12.6. The van der Waals surface area contributed by atoms with Crippen LogP contribution in [0.25, 0.3) is 10.9 Å². The van der Waals surface area contributed by atoms with Crippen LogP contribution in [0, 0.1) is 0 Å². The predicted octanol–water partition coefficient (Wildman–Crippen LogP) is 2.25. The van der Waals surface area contributed by atoms with Crippen LogP contribution < -0.4 is 15.3 Å². The van der Waals surface area contributed by atoms with Gasteiger partial charge in [-0.05, 0) is 51.0 Å². The zero-order chi connectivity index (χ0) is 27.2. The number of anilines is 1. The highest BCUT2D eigenvalue weighted by atomic mass is 16.4. The maximum atomic E-state index is 14.0. The van der Waals surface area contributed by atoms with Crippen molar-refractivity contribution in [3.63, 3.8) is 0 Å². The van der Waals surface area contributed by atoms with Crippen molar-refractivity contribution in [1.82, 2.24) is 20.1 Å². The molecule has 0 spiro atoms. The highest BCUT2D eigenvalue weighted by Gasteiger charge is 2.52. The standard InChI is InChI=1S/C28H31N5O5/c1-28(2,3)33(27(37)38)21(13-17-15-29-20-12-8-7-11-19(17)20)23-16-30-25(35)22-14-24(34)31(26(36)32(22)23)18-9-5-4-6-10-18/h4-12,15,21-23,29H,13-14,16H2,1-3H3,(H,30,35)(H,37,38)/p-1/t21-,22+,23-/m1/s1. The maximum Gasteiger partial charge on any atom is 0.332 e. The van der Waals surface area contributed by atoms with Crippen LogP contribution in [-0.4, -0.2) is 68.9 Å². The van der Waals surface area contributed by atoms with Gasteiger partial charge in [-0.3, -0.25) is 9.59 Å². The van der Waals surface area contributed by atoms with E-state index in [9.17, 15) is 24.3 Å². The van der Waals surface area contributed by atoms with Crippen LogP contribution in [0.2, 0.25) is 0 Å². The molecule has 5 amide bonds. The summed E-state index contributed by atoms with van der Waals surface area (Å²) in [7, 11) is 0. The molecule has 2 aliphatic rings. The Hall–Kier alpha value is -4.34. The Morgan fingerprint density at radius 3 is 2.45 bits per heavy atom. The van der Waals surface area contributed by atoms with Gasteiger partial charge in [0.1, 0.15) is 12.1 Å². The van der Waals surface area contributed by atoms with Gasteiger partial charge < -0.3 is 30.0 Å². The number of fused-ring (bicyclic) bond motifs is 2. The Morgan fingerprint density at radius 1 is 1.08 bits per heavy atom. The molecule has 2 saturated heterocycles. The van der Waals surface area contributed by atoms with Crippen molar-refractivity contribution in [2.45, 2.75) is 57.3 Å². The second-order valence-corrected chi connectivity index (χ2v) is 10.7. The number of nitrogens with one attached hydrogen (secondary N) is 2. The fourth-order valence-electron chi connectivity index (χ4n) is 5.71. The summed E-state index contributed by atoms with van der Waals surface area (Å²) in [5, 5.41) is 16.4. The summed E-state index contributed by atoms with van der Waals surface area (Å²) >= 11 is 0. The third kappa shape index (κ3) is 4.36. The highest BCUT2D eigenvalue weighted by molar-refractivity contribution is 6.18. The number of carbonyl (C=O) groups excluding carboxylic acids is 4. The molecule has 3 heterocycles. The molecule has 2 fully saturated rings. The number of amides is 5. The lowest BCUT2D eigenvalue weighted by molar-refractivity contribution is -0.274. The molecular formula is C28H30N5O5-. The van der Waals surface area contributed by atoms with E-state index in [1.807, 2.05) is 30.5 Å². The Bertz CT molecular complexity index is 1400. The Kier molecular flexibility index (Phi) is 6.34. The number of urea groups is 1. The van der Waals surface area contributed by atoms with Crippen molar-refractivity contribution in [2.75, 3.05) is 11.4 Å². The van der Waals surface area contributed by atoms with Gasteiger partial charge in [0.25, 0.3) is 0 Å². The zero-order valence-electron chi connectivity index (χ0n) is 21.5. The Morgan fingerprint density at radius 2 is 1.76 bits per heavy atom. The summed E-state index contributed by atoms with van der Waals surface area (Å²) in [6, 6.07) is 13.0. The van der Waals surface area contributed by atoms with Gasteiger partial charge in [-0.2, -0.15) is 0 Å². The van der Waals surface area contributed by atoms with Crippen molar-refractivity contribution in [3.05, 3.63) is 66.4 Å². The quantitative estimate of drug-likeness (QED) is 0.538. The molecule has 2 aromatic carbocycles. The second kappa shape index (κ2) is 9.51. The number of imide groups is 1. The molecule has 2 N–H and O–H groups in total. The molecule has 2 aliphatic heterocycles. The van der Waals surface area contributed by atoms with Crippen LogP contribution in [0.4, 0.5) is 15.3 Å². The lowest BCUT2D eigenvalue weighted by Gasteiger charge is -2.53. The molecule has 10 heteroatoms. The molecule has 0 unspecified atom stereocenters. The lowest BCUT2D eigenvalue weighted by atomic mass is 9.89. The summed E-state index contributed by atoms with van der Waals surface area (Å²) in [6.07, 6.45) is 0.510. The minimum absolute atomic E-state index is 0.0325. The van der Waals surface area contributed by atoms with Crippen LogP contribution in [0.3, 0.4) is 0 Å². The van der Waals surface area contributed by atoms with E-state index in [2.05, 4.69) is 10.3 Å². The molecule has 0 saturated carbocycles. The third-order valence-electron chi connectivity index (χ3n) is 7.32. The summed E-state index contributed by atoms with van der Waals surface area (Å²) in [4.78, 5) is 59.5. The molecular weight excluding hydrogens is 486 g/mol. The number of para-hydroxylation sites is 2. The largest absolute Gasteiger partial charge is 0.530 e. The summed E-state index contributed by atoms with van der Waals surface area (Å²) in [6.45, 7) is 5.33. The minimum Gasteiger partial charge on any atom is -0.530 e. The van der Waals surface area contributed by atoms with Gasteiger partial charge in [-0.15, -0.1) is 0 Å². The van der Waals surface area contributed by atoms with Gasteiger partial charge in [-0.1, -0.05) is 36.4 Å². The topological polar surface area (TPSA) is 129 Å². The molecule has 3 aromatic rings. The molecule has 0 radical (unpaired) electrons. The van der Waals surface area contributed by atoms with Crippen molar-refractivity contribution in [1.29, 1.82) is 0 Å². The van der Waals surface area contributed by atoms with Gasteiger partial charge in [0.2, 0.25) is 11.8 Å². The predicted molar refractivity (Wildman–Crippen MR) is 139 cm³/mol. The highest BCUT2D eigenvalue weighted by Crippen LogP contribution is 2.33. The van der Waals surface area contributed by atoms with E-state index in [-0.39, 0.29) is 19.4 Å². The number of carboxylic acid groups (broad SMARTS) is 1. The SMILES string of the molecule is CC(C)(C)N(C(=O)[O-])[C@H](Cc1c[nH]c2ccccc12)[C@H]1CNC(=O)[C@@H]2CC(=O)N(c3ccccc3)C(=O)N12. The zero-order valence-corrected chi connectivity index (χ0v) is 21.5. The first kappa shape index (κ1) is 25.3. The van der Waals surface area contributed by atoms with Gasteiger partial charge in [0, 0.05) is 29.2 Å². The normalized spacial score (nSPS) is 20.8. The van der Waals surface area contributed by atoms with Gasteiger partial charge >= 0.3 is 6.03 Å². The van der Waals surface area contributed by atoms with E-state index >= 15 is 0 Å². The Balaban J connectivity index is 1.61. The number of carbonyl (C=O) groups is 4. The second-order valence-electron chi connectivity index (χ2n) is 10.7. The van der Waals surface area contributed by atoms with Gasteiger partial charge in [-0.25, -0.2) is 9.69 Å². The van der Waals surface area contributed by atoms with Gasteiger partial charge in [0.15, 0.2) is 0 Å². The summed E-state index contributed by atoms with van der Waals surface area (Å²) in [5.41, 5.74) is 1.29. The van der Waals surface area contributed by atoms with Gasteiger partial charge in [0.05, 0.1) is 24.2 Å². The smallest absolute Gasteiger partial charge is 0.332 e. The number of aromatic amines is 1. The maximum absolute atomic E-state index is 14.0. The van der Waals surface area contributed by atoms with E-state index in [4.69, 9.17) is 0 Å². The summed E-state index contributed by atoms with van der Waals surface area (Å²) in [5.74, 6) is -0.920. The van der Waals surface area contributed by atoms with Crippen LogP contribution in [-0.2, 0) is 16.0 Å². The lowest BCUT2D eigenvalue weighted by Crippen LogP contribution is -2.74. The molecule has 198 valence electrons. The van der Waals surface area contributed by atoms with Crippen LogP contribution >= 0.6 is 0 Å². The number of benzene rings is 2. The molecule has 0 bridgehead atoms. The monoisotopic (exact) mass is 516 g/mol. The van der Waals surface area contributed by atoms with E-state index in [1.165, 1.54) is 9.80 Å². The number of hydrogen-bond acceptors (Lipinski definition) is 5. The van der Waals surface area contributed by atoms with Crippen molar-refractivity contribution >= 4 is 40.5 Å². The number of hydrogen-bond donors (Lipinski definition) is 2. The first-order valence-corrected chi connectivity index (χ1v) is 12.6. The molecule has 5 rings (SSSR count). The fraction of sp³-hybridized carbons (Fsp3) is 0.357. The number of H-pyrrole nitrogens is 1. The van der Waals surface area contributed by atoms with Crippen LogP contribution in [0.15, 0.2) is 60.8 Å². The molecule has 10 nitrogen and oxygen atoms in total. The number of rotatable bonds is 5. The summed E-state index contributed by atoms with van der Waals surface area (Å²) < 4.78 is 0. The van der Waals surface area contributed by atoms with E-state index in [0.29, 0.717) is 5.69 Å². The average Bonchev–Trinajstić information content (AvgIpc) is 3.27. The van der Waals surface area contributed by atoms with E-state index in [0.717, 1.165) is 21.4 Å². The minimum atomic E-state index is -1.38. The Labute approximate surface area is 220 Å². The van der Waals surface area contributed by atoms with Crippen LogP contribution in [0.5, 0.6) is 0 Å². The van der Waals surface area contributed by atoms with E-state index < -0.39 is 47.6 Å². The van der Waals surface area contributed by atoms with Crippen LogP contribution in [0.1, 0.15) is 32.8 Å². The van der Waals surface area contributed by atoms with Crippen molar-refractivity contribution in [3.8, 4) is 0 Å². The fourth-order valence-corrected chi connectivity index (χ4v) is 5.71. The number of piperazine rings is 1. The number of nitrogens with zero attached hydrogens (tertiary/aromatic N) is 3.